The third kappa shape index (κ3) is 5.31. The zero-order chi connectivity index (χ0) is 18.4. The van der Waals surface area contributed by atoms with Gasteiger partial charge in [-0.05, 0) is 37.8 Å². The minimum atomic E-state index is -0.990. The molecular formula is C19H26N2O4. The van der Waals surface area contributed by atoms with Crippen LogP contribution in [0, 0.1) is 12.8 Å². The summed E-state index contributed by atoms with van der Waals surface area (Å²) in [5.41, 5.74) is 1.68. The molecule has 0 saturated heterocycles. The summed E-state index contributed by atoms with van der Waals surface area (Å²) in [5, 5.41) is 14.7. The van der Waals surface area contributed by atoms with Crippen LogP contribution in [0.5, 0.6) is 0 Å². The molecule has 1 aliphatic carbocycles. The third-order valence-corrected chi connectivity index (χ3v) is 4.74. The molecule has 25 heavy (non-hydrogen) atoms. The van der Waals surface area contributed by atoms with Gasteiger partial charge in [-0.15, -0.1) is 0 Å². The first-order valence-electron chi connectivity index (χ1n) is 8.76. The van der Waals surface area contributed by atoms with Crippen molar-refractivity contribution in [3.05, 3.63) is 35.4 Å². The van der Waals surface area contributed by atoms with Crippen LogP contribution in [0.25, 0.3) is 0 Å². The molecule has 1 aromatic carbocycles. The predicted molar refractivity (Wildman–Crippen MR) is 93.9 cm³/mol. The van der Waals surface area contributed by atoms with Gasteiger partial charge >= 0.3 is 5.97 Å². The molecule has 6 heteroatoms. The molecule has 0 aliphatic heterocycles. The van der Waals surface area contributed by atoms with E-state index < -0.39 is 18.1 Å². The highest BCUT2D eigenvalue weighted by Gasteiger charge is 2.27. The smallest absolute Gasteiger partial charge is 0.305 e. The fourth-order valence-electron chi connectivity index (χ4n) is 3.27. The fourth-order valence-corrected chi connectivity index (χ4v) is 3.27. The molecule has 0 bridgehead atoms. The summed E-state index contributed by atoms with van der Waals surface area (Å²) in [7, 11) is 0. The molecule has 1 aliphatic rings. The van der Waals surface area contributed by atoms with E-state index in [0.29, 0.717) is 0 Å². The van der Waals surface area contributed by atoms with Crippen LogP contribution in [0.4, 0.5) is 0 Å². The Morgan fingerprint density at radius 1 is 1.16 bits per heavy atom. The molecule has 1 saturated carbocycles. The van der Waals surface area contributed by atoms with Gasteiger partial charge in [-0.2, -0.15) is 0 Å². The van der Waals surface area contributed by atoms with E-state index in [1.807, 2.05) is 31.2 Å². The van der Waals surface area contributed by atoms with Gasteiger partial charge in [0.25, 0.3) is 0 Å². The molecule has 136 valence electrons. The Bertz CT molecular complexity index is 638. The second-order valence-electron chi connectivity index (χ2n) is 6.73. The summed E-state index contributed by atoms with van der Waals surface area (Å²) >= 11 is 0. The lowest BCUT2D eigenvalue weighted by Crippen LogP contribution is -2.47. The maximum atomic E-state index is 12.5. The van der Waals surface area contributed by atoms with E-state index in [-0.39, 0.29) is 24.2 Å². The lowest BCUT2D eigenvalue weighted by atomic mass is 9.98. The first-order chi connectivity index (χ1) is 11.9. The van der Waals surface area contributed by atoms with E-state index >= 15 is 0 Å². The van der Waals surface area contributed by atoms with Crippen molar-refractivity contribution in [1.29, 1.82) is 0 Å². The first kappa shape index (κ1) is 19.0. The molecule has 2 atom stereocenters. The Morgan fingerprint density at radius 2 is 1.80 bits per heavy atom. The Balaban J connectivity index is 2.01. The SMILES string of the molecule is Cc1ccccc1C(CC(=O)O)NC(=O)C(C)NC(=O)C1CCCC1. The van der Waals surface area contributed by atoms with E-state index in [2.05, 4.69) is 10.6 Å². The van der Waals surface area contributed by atoms with Crippen molar-refractivity contribution in [3.63, 3.8) is 0 Å². The van der Waals surface area contributed by atoms with E-state index in [9.17, 15) is 14.4 Å². The van der Waals surface area contributed by atoms with Gasteiger partial charge in [0.2, 0.25) is 11.8 Å². The number of benzene rings is 1. The molecule has 6 nitrogen and oxygen atoms in total. The highest BCUT2D eigenvalue weighted by atomic mass is 16.4. The van der Waals surface area contributed by atoms with E-state index in [0.717, 1.165) is 36.8 Å². The summed E-state index contributed by atoms with van der Waals surface area (Å²) in [4.78, 5) is 35.8. The summed E-state index contributed by atoms with van der Waals surface area (Å²) in [6.07, 6.45) is 3.62. The molecule has 2 rings (SSSR count). The van der Waals surface area contributed by atoms with E-state index in [1.54, 1.807) is 6.92 Å². The number of aryl methyl sites for hydroxylation is 1. The lowest BCUT2D eigenvalue weighted by Gasteiger charge is -2.23. The van der Waals surface area contributed by atoms with Crippen molar-refractivity contribution >= 4 is 17.8 Å². The number of carboxylic acid groups (broad SMARTS) is 1. The van der Waals surface area contributed by atoms with Gasteiger partial charge in [0, 0.05) is 5.92 Å². The summed E-state index contributed by atoms with van der Waals surface area (Å²) < 4.78 is 0. The second kappa shape index (κ2) is 8.65. The maximum Gasteiger partial charge on any atom is 0.305 e. The predicted octanol–water partition coefficient (Wildman–Crippen LogP) is 2.32. The van der Waals surface area contributed by atoms with Gasteiger partial charge in [0.05, 0.1) is 12.5 Å². The van der Waals surface area contributed by atoms with Crippen LogP contribution in [-0.4, -0.2) is 28.9 Å². The minimum absolute atomic E-state index is 0.0126. The van der Waals surface area contributed by atoms with Gasteiger partial charge in [-0.25, -0.2) is 0 Å². The highest BCUT2D eigenvalue weighted by Crippen LogP contribution is 2.25. The number of aliphatic carboxylic acids is 1. The van der Waals surface area contributed by atoms with Crippen LogP contribution in [-0.2, 0) is 14.4 Å². The zero-order valence-electron chi connectivity index (χ0n) is 14.7. The standard InChI is InChI=1S/C19H26N2O4/c1-12-7-3-6-10-15(12)16(11-17(22)23)21-18(24)13(2)20-19(25)14-8-4-5-9-14/h3,6-7,10,13-14,16H,4-5,8-9,11H2,1-2H3,(H,20,25)(H,21,24)(H,22,23). The summed E-state index contributed by atoms with van der Waals surface area (Å²) in [6, 6.07) is 6.04. The maximum absolute atomic E-state index is 12.5. The Labute approximate surface area is 148 Å². The Hall–Kier alpha value is -2.37. The molecule has 3 N–H and O–H groups in total. The van der Waals surface area contributed by atoms with Crippen LogP contribution < -0.4 is 10.6 Å². The number of hydrogen-bond acceptors (Lipinski definition) is 3. The summed E-state index contributed by atoms with van der Waals surface area (Å²) in [5.74, 6) is -1.47. The molecule has 0 heterocycles. The zero-order valence-corrected chi connectivity index (χ0v) is 14.7. The topological polar surface area (TPSA) is 95.5 Å². The molecule has 0 spiro atoms. The number of rotatable bonds is 7. The van der Waals surface area contributed by atoms with Crippen LogP contribution in [0.3, 0.4) is 0 Å². The number of carbonyl (C=O) groups is 3. The van der Waals surface area contributed by atoms with Crippen molar-refractivity contribution in [2.75, 3.05) is 0 Å². The van der Waals surface area contributed by atoms with Crippen LogP contribution in [0.15, 0.2) is 24.3 Å². The third-order valence-electron chi connectivity index (χ3n) is 4.74. The van der Waals surface area contributed by atoms with Crippen molar-refractivity contribution in [2.24, 2.45) is 5.92 Å². The molecule has 2 amide bonds. The van der Waals surface area contributed by atoms with Crippen molar-refractivity contribution < 1.29 is 19.5 Å². The molecule has 0 aromatic heterocycles. The minimum Gasteiger partial charge on any atom is -0.481 e. The molecule has 2 unspecified atom stereocenters. The van der Waals surface area contributed by atoms with Gasteiger partial charge < -0.3 is 15.7 Å². The Kier molecular flexibility index (Phi) is 6.56. The monoisotopic (exact) mass is 346 g/mol. The van der Waals surface area contributed by atoms with Gasteiger partial charge in [-0.1, -0.05) is 37.1 Å². The van der Waals surface area contributed by atoms with Gasteiger partial charge in [0.1, 0.15) is 6.04 Å². The number of amides is 2. The average Bonchev–Trinajstić information content (AvgIpc) is 3.08. The number of carboxylic acids is 1. The molecular weight excluding hydrogens is 320 g/mol. The highest BCUT2D eigenvalue weighted by molar-refractivity contribution is 5.88. The van der Waals surface area contributed by atoms with Crippen molar-refractivity contribution in [1.82, 2.24) is 10.6 Å². The summed E-state index contributed by atoms with van der Waals surface area (Å²) in [6.45, 7) is 3.50. The van der Waals surface area contributed by atoms with Gasteiger partial charge in [-0.3, -0.25) is 14.4 Å². The molecule has 0 radical (unpaired) electrons. The lowest BCUT2D eigenvalue weighted by molar-refractivity contribution is -0.138. The van der Waals surface area contributed by atoms with Crippen molar-refractivity contribution in [3.8, 4) is 0 Å². The number of hydrogen-bond donors (Lipinski definition) is 3. The van der Waals surface area contributed by atoms with Crippen LogP contribution in [0.1, 0.15) is 56.2 Å². The molecule has 1 aromatic rings. The normalized spacial score (nSPS) is 16.9. The average molecular weight is 346 g/mol. The first-order valence-corrected chi connectivity index (χ1v) is 8.76. The largest absolute Gasteiger partial charge is 0.481 e. The molecule has 1 fully saturated rings. The van der Waals surface area contributed by atoms with Crippen LogP contribution in [0.2, 0.25) is 0 Å². The quantitative estimate of drug-likeness (QED) is 0.706. The van der Waals surface area contributed by atoms with Gasteiger partial charge in [0.15, 0.2) is 0 Å². The Morgan fingerprint density at radius 3 is 2.40 bits per heavy atom. The van der Waals surface area contributed by atoms with E-state index in [1.165, 1.54) is 0 Å². The fraction of sp³-hybridized carbons (Fsp3) is 0.526. The number of nitrogens with one attached hydrogen (secondary N) is 2. The van der Waals surface area contributed by atoms with Crippen LogP contribution >= 0.6 is 0 Å². The number of carbonyl (C=O) groups excluding carboxylic acids is 2. The van der Waals surface area contributed by atoms with E-state index in [4.69, 9.17) is 5.11 Å². The second-order valence-corrected chi connectivity index (χ2v) is 6.73. The van der Waals surface area contributed by atoms with Crippen molar-refractivity contribution in [2.45, 2.75) is 58.0 Å².